The standard InChI is InChI=1S/C25H28O6/c1-6-23(26)30-17-22(31-24(27)7-2)16-29-21-14-10-19(11-15-21)25(3,4)18-8-12-20(28-5)13-9-18/h6-15,22H,1-2,16-17H2,3-5H3. The van der Waals surface area contributed by atoms with Gasteiger partial charge in [-0.3, -0.25) is 0 Å². The van der Waals surface area contributed by atoms with Crippen molar-refractivity contribution in [3.8, 4) is 11.5 Å². The molecule has 1 unspecified atom stereocenters. The molecule has 0 aliphatic carbocycles. The lowest BCUT2D eigenvalue weighted by molar-refractivity contribution is -0.154. The van der Waals surface area contributed by atoms with Crippen LogP contribution in [0.2, 0.25) is 0 Å². The molecular weight excluding hydrogens is 396 g/mol. The summed E-state index contributed by atoms with van der Waals surface area (Å²) in [6.45, 7) is 10.9. The zero-order valence-electron chi connectivity index (χ0n) is 18.1. The molecule has 31 heavy (non-hydrogen) atoms. The Kier molecular flexibility index (Phi) is 8.43. The fourth-order valence-corrected chi connectivity index (χ4v) is 2.89. The second kappa shape index (κ2) is 11.0. The molecule has 0 fully saturated rings. The van der Waals surface area contributed by atoms with Crippen LogP contribution < -0.4 is 9.47 Å². The molecule has 2 aromatic carbocycles. The lowest BCUT2D eigenvalue weighted by atomic mass is 9.78. The number of hydrogen-bond acceptors (Lipinski definition) is 6. The van der Waals surface area contributed by atoms with Gasteiger partial charge in [0.15, 0.2) is 6.10 Å². The van der Waals surface area contributed by atoms with Crippen LogP contribution >= 0.6 is 0 Å². The van der Waals surface area contributed by atoms with Crippen molar-refractivity contribution in [2.24, 2.45) is 0 Å². The Balaban J connectivity index is 2.04. The highest BCUT2D eigenvalue weighted by Crippen LogP contribution is 2.33. The van der Waals surface area contributed by atoms with Crippen LogP contribution in [-0.4, -0.2) is 38.4 Å². The third-order valence-corrected chi connectivity index (χ3v) is 4.85. The van der Waals surface area contributed by atoms with Crippen LogP contribution in [0.3, 0.4) is 0 Å². The van der Waals surface area contributed by atoms with E-state index in [1.807, 2.05) is 48.5 Å². The normalized spacial score (nSPS) is 11.7. The molecule has 0 N–H and O–H groups in total. The highest BCUT2D eigenvalue weighted by Gasteiger charge is 2.23. The third-order valence-electron chi connectivity index (χ3n) is 4.85. The van der Waals surface area contributed by atoms with Crippen LogP contribution in [-0.2, 0) is 24.5 Å². The van der Waals surface area contributed by atoms with Gasteiger partial charge < -0.3 is 18.9 Å². The molecule has 0 radical (unpaired) electrons. The van der Waals surface area contributed by atoms with E-state index in [-0.39, 0.29) is 18.6 Å². The first-order valence-corrected chi connectivity index (χ1v) is 9.80. The Morgan fingerprint density at radius 1 is 0.871 bits per heavy atom. The van der Waals surface area contributed by atoms with Crippen molar-refractivity contribution in [1.29, 1.82) is 0 Å². The molecule has 0 aliphatic heterocycles. The molecule has 164 valence electrons. The number of methoxy groups -OCH3 is 1. The lowest BCUT2D eigenvalue weighted by Gasteiger charge is -2.26. The van der Waals surface area contributed by atoms with E-state index in [2.05, 4.69) is 27.0 Å². The van der Waals surface area contributed by atoms with Gasteiger partial charge in [0, 0.05) is 17.6 Å². The number of hydrogen-bond donors (Lipinski definition) is 0. The molecule has 0 heterocycles. The zero-order chi connectivity index (χ0) is 22.9. The van der Waals surface area contributed by atoms with Crippen LogP contribution in [0.5, 0.6) is 11.5 Å². The molecule has 0 saturated heterocycles. The maximum atomic E-state index is 11.5. The highest BCUT2D eigenvalue weighted by atomic mass is 16.6. The third kappa shape index (κ3) is 6.74. The minimum atomic E-state index is -0.773. The number of ether oxygens (including phenoxy) is 4. The van der Waals surface area contributed by atoms with Crippen molar-refractivity contribution in [3.05, 3.63) is 85.0 Å². The summed E-state index contributed by atoms with van der Waals surface area (Å²) in [6, 6.07) is 15.7. The molecule has 0 saturated carbocycles. The fraction of sp³-hybridized carbons (Fsp3) is 0.280. The predicted molar refractivity (Wildman–Crippen MR) is 118 cm³/mol. The molecule has 0 aromatic heterocycles. The number of rotatable bonds is 11. The summed E-state index contributed by atoms with van der Waals surface area (Å²) < 4.78 is 21.1. The molecule has 0 amide bonds. The van der Waals surface area contributed by atoms with Crippen LogP contribution in [0.4, 0.5) is 0 Å². The minimum absolute atomic E-state index is 0.0191. The second-order valence-electron chi connectivity index (χ2n) is 7.29. The summed E-state index contributed by atoms with van der Waals surface area (Å²) in [7, 11) is 1.64. The van der Waals surface area contributed by atoms with Crippen LogP contribution in [0.1, 0.15) is 25.0 Å². The molecule has 1 atom stereocenters. The van der Waals surface area contributed by atoms with Gasteiger partial charge in [-0.25, -0.2) is 9.59 Å². The second-order valence-corrected chi connectivity index (χ2v) is 7.29. The Bertz CT molecular complexity index is 897. The lowest BCUT2D eigenvalue weighted by Crippen LogP contribution is -2.30. The van der Waals surface area contributed by atoms with Gasteiger partial charge in [0.25, 0.3) is 0 Å². The molecule has 2 aromatic rings. The van der Waals surface area contributed by atoms with Crippen molar-refractivity contribution in [1.82, 2.24) is 0 Å². The topological polar surface area (TPSA) is 71.1 Å². The molecule has 0 aliphatic rings. The Hall–Kier alpha value is -3.54. The molecular formula is C25H28O6. The van der Waals surface area contributed by atoms with Crippen molar-refractivity contribution < 1.29 is 28.5 Å². The van der Waals surface area contributed by atoms with Gasteiger partial charge in [-0.1, -0.05) is 51.3 Å². The van der Waals surface area contributed by atoms with Crippen molar-refractivity contribution >= 4 is 11.9 Å². The van der Waals surface area contributed by atoms with Crippen molar-refractivity contribution in [2.45, 2.75) is 25.4 Å². The first-order valence-electron chi connectivity index (χ1n) is 9.80. The Labute approximate surface area is 183 Å². The van der Waals surface area contributed by atoms with E-state index in [1.54, 1.807) is 7.11 Å². The summed E-state index contributed by atoms with van der Waals surface area (Å²) in [5.41, 5.74) is 2.05. The first kappa shape index (κ1) is 23.7. The maximum absolute atomic E-state index is 11.5. The van der Waals surface area contributed by atoms with Gasteiger partial charge in [-0.05, 0) is 35.4 Å². The number of carbonyl (C=O) groups is 2. The quantitative estimate of drug-likeness (QED) is 0.397. The largest absolute Gasteiger partial charge is 0.497 e. The van der Waals surface area contributed by atoms with E-state index < -0.39 is 18.0 Å². The van der Waals surface area contributed by atoms with E-state index in [0.29, 0.717) is 5.75 Å². The van der Waals surface area contributed by atoms with E-state index in [0.717, 1.165) is 29.0 Å². The summed E-state index contributed by atoms with van der Waals surface area (Å²) in [4.78, 5) is 22.8. The monoisotopic (exact) mass is 424 g/mol. The van der Waals surface area contributed by atoms with Crippen LogP contribution in [0.15, 0.2) is 73.8 Å². The van der Waals surface area contributed by atoms with Gasteiger partial charge in [0.1, 0.15) is 24.7 Å². The van der Waals surface area contributed by atoms with E-state index in [4.69, 9.17) is 18.9 Å². The van der Waals surface area contributed by atoms with Gasteiger partial charge in [-0.2, -0.15) is 0 Å². The summed E-state index contributed by atoms with van der Waals surface area (Å²) >= 11 is 0. The number of esters is 2. The average molecular weight is 424 g/mol. The van der Waals surface area contributed by atoms with E-state index in [1.165, 1.54) is 0 Å². The van der Waals surface area contributed by atoms with Gasteiger partial charge in [-0.15, -0.1) is 0 Å². The van der Waals surface area contributed by atoms with E-state index >= 15 is 0 Å². The SMILES string of the molecule is C=CC(=O)OCC(COc1ccc(C(C)(C)c2ccc(OC)cc2)cc1)OC(=O)C=C. The Morgan fingerprint density at radius 3 is 1.87 bits per heavy atom. The summed E-state index contributed by atoms with van der Waals surface area (Å²) in [5, 5.41) is 0. The molecule has 0 spiro atoms. The molecule has 6 nitrogen and oxygen atoms in total. The first-order chi connectivity index (χ1) is 14.8. The Morgan fingerprint density at radius 2 is 1.39 bits per heavy atom. The smallest absolute Gasteiger partial charge is 0.330 e. The predicted octanol–water partition coefficient (Wildman–Crippen LogP) is 4.23. The van der Waals surface area contributed by atoms with Crippen LogP contribution in [0, 0.1) is 0 Å². The average Bonchev–Trinajstić information content (AvgIpc) is 2.80. The van der Waals surface area contributed by atoms with Crippen molar-refractivity contribution in [2.75, 3.05) is 20.3 Å². The van der Waals surface area contributed by atoms with Gasteiger partial charge in [0.05, 0.1) is 7.11 Å². The highest BCUT2D eigenvalue weighted by molar-refractivity contribution is 5.82. The fourth-order valence-electron chi connectivity index (χ4n) is 2.89. The zero-order valence-corrected chi connectivity index (χ0v) is 18.1. The molecule has 2 rings (SSSR count). The number of carbonyl (C=O) groups excluding carboxylic acids is 2. The van der Waals surface area contributed by atoms with Gasteiger partial charge in [0.2, 0.25) is 0 Å². The summed E-state index contributed by atoms with van der Waals surface area (Å²) in [5.74, 6) is 0.183. The maximum Gasteiger partial charge on any atom is 0.330 e. The van der Waals surface area contributed by atoms with Crippen molar-refractivity contribution in [3.63, 3.8) is 0 Å². The van der Waals surface area contributed by atoms with Crippen LogP contribution in [0.25, 0.3) is 0 Å². The van der Waals surface area contributed by atoms with E-state index in [9.17, 15) is 9.59 Å². The summed E-state index contributed by atoms with van der Waals surface area (Å²) in [6.07, 6.45) is 1.30. The van der Waals surface area contributed by atoms with Gasteiger partial charge >= 0.3 is 11.9 Å². The number of benzene rings is 2. The minimum Gasteiger partial charge on any atom is -0.497 e. The molecule has 0 bridgehead atoms. The molecule has 6 heteroatoms.